The lowest BCUT2D eigenvalue weighted by Crippen LogP contribution is -2.56. The van der Waals surface area contributed by atoms with Crippen LogP contribution < -0.4 is 14.4 Å². The van der Waals surface area contributed by atoms with Crippen molar-refractivity contribution in [3.8, 4) is 5.75 Å². The van der Waals surface area contributed by atoms with Crippen LogP contribution in [0.3, 0.4) is 0 Å². The number of halogens is 1. The molecule has 1 N–H and O–H groups in total. The van der Waals surface area contributed by atoms with E-state index in [4.69, 9.17) is 16.3 Å². The first-order chi connectivity index (χ1) is 23.5. The minimum atomic E-state index is -4.68. The molecule has 0 aromatic heterocycles. The van der Waals surface area contributed by atoms with Gasteiger partial charge in [-0.1, -0.05) is 77.8 Å². The fourth-order valence-electron chi connectivity index (χ4n) is 5.46. The maximum atomic E-state index is 14.8. The number of nitrogens with one attached hydrogen (secondary N) is 1. The molecule has 4 rings (SSSR count). The topological polar surface area (TPSA) is 139 Å². The Bertz CT molecular complexity index is 1980. The second kappa shape index (κ2) is 15.7. The zero-order valence-electron chi connectivity index (χ0n) is 28.8. The van der Waals surface area contributed by atoms with Gasteiger partial charge in [0.1, 0.15) is 18.3 Å². The standard InChI is InChI=1S/C37H41ClN4O7S/c1-25-11-10-14-28(19-25)23-40(33(36(44)39-37(3,4)5)20-27-12-8-7-9-13-27)35(43)24-41(32-21-29(38)16-18-34(32)49-6)50(47,48)30-17-15-26(2)31(22-30)42(45)46/h7-19,21-22,33H,20,23-24H2,1-6H3,(H,39,44)/t33-/m0/s1. The molecule has 0 aliphatic carbocycles. The molecule has 0 radical (unpaired) electrons. The van der Waals surface area contributed by atoms with Gasteiger partial charge in [-0.05, 0) is 70.0 Å². The molecule has 0 unspecified atom stereocenters. The lowest BCUT2D eigenvalue weighted by molar-refractivity contribution is -0.385. The van der Waals surface area contributed by atoms with Crippen molar-refractivity contribution in [2.45, 2.75) is 64.1 Å². The molecule has 0 saturated carbocycles. The molecule has 1 atom stereocenters. The molecule has 4 aromatic carbocycles. The Kier molecular flexibility index (Phi) is 11.9. The molecule has 0 heterocycles. The third-order valence-electron chi connectivity index (χ3n) is 7.86. The van der Waals surface area contributed by atoms with Gasteiger partial charge in [0.05, 0.1) is 22.6 Å². The molecule has 264 valence electrons. The first-order valence-electron chi connectivity index (χ1n) is 15.8. The van der Waals surface area contributed by atoms with Crippen LogP contribution in [0.25, 0.3) is 0 Å². The van der Waals surface area contributed by atoms with Gasteiger partial charge in [-0.2, -0.15) is 0 Å². The van der Waals surface area contributed by atoms with Crippen LogP contribution in [0.1, 0.15) is 43.0 Å². The lowest BCUT2D eigenvalue weighted by atomic mass is 10.0. The largest absolute Gasteiger partial charge is 0.495 e. The van der Waals surface area contributed by atoms with E-state index in [0.29, 0.717) is 0 Å². The van der Waals surface area contributed by atoms with Crippen LogP contribution in [-0.2, 0) is 32.6 Å². The number of ether oxygens (including phenoxy) is 1. The number of nitro groups is 1. The fourth-order valence-corrected chi connectivity index (χ4v) is 7.06. The molecule has 0 bridgehead atoms. The van der Waals surface area contributed by atoms with Gasteiger partial charge in [0, 0.05) is 35.2 Å². The molecule has 11 nitrogen and oxygen atoms in total. The lowest BCUT2D eigenvalue weighted by Gasteiger charge is -2.35. The Hall–Kier alpha value is -4.94. The molecule has 50 heavy (non-hydrogen) atoms. The van der Waals surface area contributed by atoms with E-state index in [1.807, 2.05) is 82.3 Å². The molecular formula is C37H41ClN4O7S. The number of carbonyl (C=O) groups excluding carboxylic acids is 2. The summed E-state index contributed by atoms with van der Waals surface area (Å²) in [6, 6.07) is 23.5. The Balaban J connectivity index is 1.91. The number of benzene rings is 4. The summed E-state index contributed by atoms with van der Waals surface area (Å²) < 4.78 is 35.3. The van der Waals surface area contributed by atoms with E-state index in [1.165, 1.54) is 49.3 Å². The van der Waals surface area contributed by atoms with Crippen LogP contribution in [0, 0.1) is 24.0 Å². The molecule has 0 aliphatic heterocycles. The van der Waals surface area contributed by atoms with Crippen molar-refractivity contribution in [3.05, 3.63) is 128 Å². The number of nitrogens with zero attached hydrogens (tertiary/aromatic N) is 3. The number of anilines is 1. The number of carbonyl (C=O) groups is 2. The first kappa shape index (κ1) is 37.9. The highest BCUT2D eigenvalue weighted by Gasteiger charge is 2.37. The molecule has 4 aromatic rings. The SMILES string of the molecule is COc1ccc(Cl)cc1N(CC(=O)N(Cc1cccc(C)c1)[C@@H](Cc1ccccc1)C(=O)NC(C)(C)C)S(=O)(=O)c1ccc(C)c([N+](=O)[O-])c1. The predicted molar refractivity (Wildman–Crippen MR) is 194 cm³/mol. The quantitative estimate of drug-likeness (QED) is 0.121. The highest BCUT2D eigenvalue weighted by Crippen LogP contribution is 2.36. The van der Waals surface area contributed by atoms with Crippen LogP contribution in [-0.4, -0.2) is 55.3 Å². The zero-order valence-corrected chi connectivity index (χ0v) is 30.4. The van der Waals surface area contributed by atoms with Crippen LogP contribution in [0.2, 0.25) is 5.02 Å². The predicted octanol–water partition coefficient (Wildman–Crippen LogP) is 6.62. The summed E-state index contributed by atoms with van der Waals surface area (Å²) in [6.45, 7) is 8.08. The average molecular weight is 721 g/mol. The van der Waals surface area contributed by atoms with Gasteiger partial charge in [0.15, 0.2) is 0 Å². The van der Waals surface area contributed by atoms with Crippen molar-refractivity contribution in [3.63, 3.8) is 0 Å². The summed E-state index contributed by atoms with van der Waals surface area (Å²) in [5, 5.41) is 15.0. The number of amides is 2. The van der Waals surface area contributed by atoms with Crippen molar-refractivity contribution in [2.24, 2.45) is 0 Å². The Labute approximate surface area is 298 Å². The van der Waals surface area contributed by atoms with E-state index in [9.17, 15) is 28.1 Å². The molecule has 0 saturated heterocycles. The van der Waals surface area contributed by atoms with Crippen LogP contribution >= 0.6 is 11.6 Å². The van der Waals surface area contributed by atoms with Crippen molar-refractivity contribution in [2.75, 3.05) is 18.0 Å². The van der Waals surface area contributed by atoms with Crippen molar-refractivity contribution < 1.29 is 27.7 Å². The minimum Gasteiger partial charge on any atom is -0.495 e. The summed E-state index contributed by atoms with van der Waals surface area (Å²) in [7, 11) is -3.34. The Morgan fingerprint density at radius 3 is 2.24 bits per heavy atom. The second-order valence-corrected chi connectivity index (χ2v) is 15.3. The van der Waals surface area contributed by atoms with E-state index in [-0.39, 0.29) is 35.0 Å². The summed E-state index contributed by atoms with van der Waals surface area (Å²) in [6.07, 6.45) is 0.137. The summed E-state index contributed by atoms with van der Waals surface area (Å²) in [4.78, 5) is 40.9. The number of sulfonamides is 1. The zero-order chi connectivity index (χ0) is 36.8. The highest BCUT2D eigenvalue weighted by atomic mass is 35.5. The van der Waals surface area contributed by atoms with E-state index >= 15 is 0 Å². The summed E-state index contributed by atoms with van der Waals surface area (Å²) >= 11 is 6.35. The number of nitro benzene ring substituents is 1. The van der Waals surface area contributed by atoms with Crippen LogP contribution in [0.4, 0.5) is 11.4 Å². The smallest absolute Gasteiger partial charge is 0.273 e. The third kappa shape index (κ3) is 9.39. The monoisotopic (exact) mass is 720 g/mol. The van der Waals surface area contributed by atoms with Gasteiger partial charge in [-0.25, -0.2) is 8.42 Å². The highest BCUT2D eigenvalue weighted by molar-refractivity contribution is 7.92. The number of hydrogen-bond acceptors (Lipinski definition) is 7. The van der Waals surface area contributed by atoms with Crippen LogP contribution in [0.5, 0.6) is 5.75 Å². The average Bonchev–Trinajstić information content (AvgIpc) is 3.04. The summed E-state index contributed by atoms with van der Waals surface area (Å²) in [5.74, 6) is -1.04. The van der Waals surface area contributed by atoms with Crippen molar-refractivity contribution >= 4 is 44.8 Å². The first-order valence-corrected chi connectivity index (χ1v) is 17.6. The number of methoxy groups -OCH3 is 1. The van der Waals surface area contributed by atoms with E-state index < -0.39 is 55.5 Å². The maximum Gasteiger partial charge on any atom is 0.273 e. The minimum absolute atomic E-state index is 0.0217. The van der Waals surface area contributed by atoms with Gasteiger partial charge in [0.2, 0.25) is 11.8 Å². The molecule has 0 spiro atoms. The van der Waals surface area contributed by atoms with Gasteiger partial charge < -0.3 is 15.0 Å². The van der Waals surface area contributed by atoms with Gasteiger partial charge in [0.25, 0.3) is 15.7 Å². The summed E-state index contributed by atoms with van der Waals surface area (Å²) in [5.41, 5.74) is 1.59. The molecule has 13 heteroatoms. The number of aryl methyl sites for hydroxylation is 2. The van der Waals surface area contributed by atoms with Gasteiger partial charge in [-0.3, -0.25) is 24.0 Å². The van der Waals surface area contributed by atoms with E-state index in [1.54, 1.807) is 0 Å². The number of rotatable bonds is 13. The molecular weight excluding hydrogens is 680 g/mol. The maximum absolute atomic E-state index is 14.8. The van der Waals surface area contributed by atoms with E-state index in [0.717, 1.165) is 27.1 Å². The Morgan fingerprint density at radius 2 is 1.62 bits per heavy atom. The van der Waals surface area contributed by atoms with Gasteiger partial charge in [-0.15, -0.1) is 0 Å². The second-order valence-electron chi connectivity index (χ2n) is 13.0. The van der Waals surface area contributed by atoms with Crippen molar-refractivity contribution in [1.82, 2.24) is 10.2 Å². The third-order valence-corrected chi connectivity index (χ3v) is 9.85. The Morgan fingerprint density at radius 1 is 0.940 bits per heavy atom. The molecule has 2 amide bonds. The fraction of sp³-hybridized carbons (Fsp3) is 0.297. The molecule has 0 fully saturated rings. The van der Waals surface area contributed by atoms with Gasteiger partial charge >= 0.3 is 0 Å². The number of hydrogen-bond donors (Lipinski definition) is 1. The van der Waals surface area contributed by atoms with Crippen LogP contribution in [0.15, 0.2) is 95.9 Å². The van der Waals surface area contributed by atoms with Crippen molar-refractivity contribution in [1.29, 1.82) is 0 Å². The molecule has 0 aliphatic rings. The van der Waals surface area contributed by atoms with E-state index in [2.05, 4.69) is 5.32 Å². The normalized spacial score (nSPS) is 12.1.